The summed E-state index contributed by atoms with van der Waals surface area (Å²) in [4.78, 5) is 37.9. The van der Waals surface area contributed by atoms with Crippen molar-refractivity contribution in [3.05, 3.63) is 76.5 Å². The van der Waals surface area contributed by atoms with Gasteiger partial charge in [-0.15, -0.1) is 11.3 Å². The van der Waals surface area contributed by atoms with Gasteiger partial charge in [-0.3, -0.25) is 14.4 Å². The normalized spacial score (nSPS) is 10.4. The number of hydrogen-bond acceptors (Lipinski definition) is 5. The molecule has 2 aromatic carbocycles. The van der Waals surface area contributed by atoms with Crippen LogP contribution in [0.25, 0.3) is 0 Å². The molecule has 0 fully saturated rings. The monoisotopic (exact) mass is 420 g/mol. The molecule has 0 spiro atoms. The van der Waals surface area contributed by atoms with Crippen LogP contribution in [0.5, 0.6) is 0 Å². The number of amides is 1. The molecule has 2 N–H and O–H groups in total. The highest BCUT2D eigenvalue weighted by molar-refractivity contribution is 7.14. The SMILES string of the molecule is Cc1ccc(C(=O)CCC(=O)CCC(=O)Nc2ccc(Nc3ccccc3)cc2)s1. The van der Waals surface area contributed by atoms with E-state index >= 15 is 0 Å². The summed E-state index contributed by atoms with van der Waals surface area (Å²) in [5, 5.41) is 6.07. The number of para-hydroxylation sites is 1. The molecule has 0 aliphatic heterocycles. The van der Waals surface area contributed by atoms with Crippen molar-refractivity contribution >= 4 is 45.9 Å². The summed E-state index contributed by atoms with van der Waals surface area (Å²) in [6.07, 6.45) is 0.602. The van der Waals surface area contributed by atoms with Crippen molar-refractivity contribution in [3.8, 4) is 0 Å². The van der Waals surface area contributed by atoms with E-state index in [1.54, 1.807) is 6.07 Å². The van der Waals surface area contributed by atoms with Crippen molar-refractivity contribution in [2.75, 3.05) is 10.6 Å². The molecule has 1 amide bonds. The van der Waals surface area contributed by atoms with Crippen molar-refractivity contribution in [1.29, 1.82) is 0 Å². The number of carbonyl (C=O) groups is 3. The van der Waals surface area contributed by atoms with Crippen LogP contribution in [0, 0.1) is 6.92 Å². The molecular weight excluding hydrogens is 396 g/mol. The van der Waals surface area contributed by atoms with Crippen LogP contribution >= 0.6 is 11.3 Å². The van der Waals surface area contributed by atoms with Gasteiger partial charge in [-0.2, -0.15) is 0 Å². The molecule has 0 aliphatic carbocycles. The molecule has 0 saturated heterocycles. The highest BCUT2D eigenvalue weighted by Crippen LogP contribution is 2.19. The molecule has 0 aliphatic rings. The van der Waals surface area contributed by atoms with E-state index in [4.69, 9.17) is 0 Å². The third kappa shape index (κ3) is 6.67. The molecule has 3 rings (SSSR count). The maximum Gasteiger partial charge on any atom is 0.224 e. The average molecular weight is 421 g/mol. The number of nitrogens with one attached hydrogen (secondary N) is 2. The molecule has 0 unspecified atom stereocenters. The highest BCUT2D eigenvalue weighted by atomic mass is 32.1. The van der Waals surface area contributed by atoms with Crippen LogP contribution in [-0.4, -0.2) is 17.5 Å². The quantitative estimate of drug-likeness (QED) is 0.410. The van der Waals surface area contributed by atoms with Crippen LogP contribution < -0.4 is 10.6 Å². The largest absolute Gasteiger partial charge is 0.356 e. The molecule has 0 atom stereocenters. The number of carbonyl (C=O) groups excluding carboxylic acids is 3. The number of aryl methyl sites for hydroxylation is 1. The first kappa shape index (κ1) is 21.5. The van der Waals surface area contributed by atoms with Crippen LogP contribution in [0.4, 0.5) is 17.1 Å². The highest BCUT2D eigenvalue weighted by Gasteiger charge is 2.12. The van der Waals surface area contributed by atoms with Crippen molar-refractivity contribution in [2.45, 2.75) is 32.6 Å². The van der Waals surface area contributed by atoms with Gasteiger partial charge in [0, 0.05) is 47.6 Å². The average Bonchev–Trinajstić information content (AvgIpc) is 3.19. The molecule has 1 aromatic heterocycles. The molecule has 0 radical (unpaired) electrons. The number of hydrogen-bond donors (Lipinski definition) is 2. The number of rotatable bonds is 10. The van der Waals surface area contributed by atoms with E-state index in [-0.39, 0.29) is 43.2 Å². The maximum absolute atomic E-state index is 12.1. The molecule has 5 nitrogen and oxygen atoms in total. The first-order valence-electron chi connectivity index (χ1n) is 9.83. The fourth-order valence-electron chi connectivity index (χ4n) is 2.89. The van der Waals surface area contributed by atoms with Crippen molar-refractivity contribution < 1.29 is 14.4 Å². The molecule has 154 valence electrons. The lowest BCUT2D eigenvalue weighted by Crippen LogP contribution is -2.13. The lowest BCUT2D eigenvalue weighted by Gasteiger charge is -2.08. The van der Waals surface area contributed by atoms with E-state index in [1.807, 2.05) is 67.6 Å². The summed E-state index contributed by atoms with van der Waals surface area (Å²) < 4.78 is 0. The summed E-state index contributed by atoms with van der Waals surface area (Å²) in [6, 6.07) is 20.9. The number of ketones is 2. The fourth-order valence-corrected chi connectivity index (χ4v) is 3.72. The Morgan fingerprint density at radius 1 is 0.733 bits per heavy atom. The molecule has 30 heavy (non-hydrogen) atoms. The second-order valence-corrected chi connectivity index (χ2v) is 8.28. The summed E-state index contributed by atoms with van der Waals surface area (Å²) in [7, 11) is 0. The zero-order valence-corrected chi connectivity index (χ0v) is 17.6. The Morgan fingerprint density at radius 3 is 2.03 bits per heavy atom. The topological polar surface area (TPSA) is 75.3 Å². The molecule has 3 aromatic rings. The Balaban J connectivity index is 1.38. The van der Waals surface area contributed by atoms with Gasteiger partial charge < -0.3 is 10.6 Å². The van der Waals surface area contributed by atoms with Gasteiger partial charge in [-0.25, -0.2) is 0 Å². The smallest absolute Gasteiger partial charge is 0.224 e. The predicted molar refractivity (Wildman–Crippen MR) is 122 cm³/mol. The summed E-state index contributed by atoms with van der Waals surface area (Å²) in [5.41, 5.74) is 2.58. The third-order valence-corrected chi connectivity index (χ3v) is 5.55. The zero-order valence-electron chi connectivity index (χ0n) is 16.8. The zero-order chi connectivity index (χ0) is 21.3. The second kappa shape index (κ2) is 10.5. The molecule has 6 heteroatoms. The Labute approximate surface area is 180 Å². The Morgan fingerprint density at radius 2 is 1.37 bits per heavy atom. The minimum Gasteiger partial charge on any atom is -0.356 e. The van der Waals surface area contributed by atoms with Gasteiger partial charge in [0.2, 0.25) is 5.91 Å². The predicted octanol–water partition coefficient (Wildman–Crippen LogP) is 5.75. The van der Waals surface area contributed by atoms with Crippen molar-refractivity contribution in [3.63, 3.8) is 0 Å². The van der Waals surface area contributed by atoms with Crippen LogP contribution in [0.3, 0.4) is 0 Å². The van der Waals surface area contributed by atoms with E-state index in [1.165, 1.54) is 11.3 Å². The minimum absolute atomic E-state index is 0.0184. The standard InChI is InChI=1S/C24H24N2O3S/c1-17-7-15-23(30-17)22(28)14-12-21(27)13-16-24(29)26-20-10-8-19(9-11-20)25-18-5-3-2-4-6-18/h2-11,15,25H,12-14,16H2,1H3,(H,26,29). The van der Waals surface area contributed by atoms with Gasteiger partial charge in [-0.05, 0) is 55.5 Å². The lowest BCUT2D eigenvalue weighted by molar-refractivity contribution is -0.122. The Hall–Kier alpha value is -3.25. The van der Waals surface area contributed by atoms with Crippen molar-refractivity contribution in [1.82, 2.24) is 0 Å². The molecule has 0 bridgehead atoms. The second-order valence-electron chi connectivity index (χ2n) is 6.99. The van der Waals surface area contributed by atoms with Gasteiger partial charge in [-0.1, -0.05) is 18.2 Å². The van der Waals surface area contributed by atoms with Gasteiger partial charge >= 0.3 is 0 Å². The first-order valence-corrected chi connectivity index (χ1v) is 10.6. The maximum atomic E-state index is 12.1. The van der Waals surface area contributed by atoms with Crippen LogP contribution in [0.15, 0.2) is 66.7 Å². The number of Topliss-reactive ketones (excluding diaryl/α,β-unsaturated/α-hetero) is 2. The van der Waals surface area contributed by atoms with Gasteiger partial charge in [0.1, 0.15) is 5.78 Å². The van der Waals surface area contributed by atoms with E-state index in [0.717, 1.165) is 16.3 Å². The Kier molecular flexibility index (Phi) is 7.51. The lowest BCUT2D eigenvalue weighted by atomic mass is 10.1. The Bertz CT molecular complexity index is 1010. The van der Waals surface area contributed by atoms with Crippen LogP contribution in [-0.2, 0) is 9.59 Å². The van der Waals surface area contributed by atoms with E-state index in [9.17, 15) is 14.4 Å². The van der Waals surface area contributed by atoms with E-state index < -0.39 is 0 Å². The summed E-state index contributed by atoms with van der Waals surface area (Å²) in [6.45, 7) is 1.94. The number of thiophene rings is 1. The van der Waals surface area contributed by atoms with Crippen LogP contribution in [0.2, 0.25) is 0 Å². The third-order valence-electron chi connectivity index (χ3n) is 4.51. The summed E-state index contributed by atoms with van der Waals surface area (Å²) >= 11 is 1.44. The van der Waals surface area contributed by atoms with E-state index in [2.05, 4.69) is 10.6 Å². The number of anilines is 3. The van der Waals surface area contributed by atoms with Gasteiger partial charge in [0.15, 0.2) is 5.78 Å². The van der Waals surface area contributed by atoms with Crippen LogP contribution in [0.1, 0.15) is 40.2 Å². The molecular formula is C24H24N2O3S. The minimum atomic E-state index is -0.215. The van der Waals surface area contributed by atoms with Gasteiger partial charge in [0.05, 0.1) is 4.88 Å². The first-order chi connectivity index (χ1) is 14.5. The van der Waals surface area contributed by atoms with Gasteiger partial charge in [0.25, 0.3) is 0 Å². The fraction of sp³-hybridized carbons (Fsp3) is 0.208. The molecule has 0 saturated carbocycles. The van der Waals surface area contributed by atoms with E-state index in [0.29, 0.717) is 10.6 Å². The molecule has 1 heterocycles. The summed E-state index contributed by atoms with van der Waals surface area (Å²) in [5.74, 6) is -0.309. The van der Waals surface area contributed by atoms with Crippen molar-refractivity contribution in [2.24, 2.45) is 0 Å². The number of benzene rings is 2.